The Morgan fingerprint density at radius 3 is 2.67 bits per heavy atom. The summed E-state index contributed by atoms with van der Waals surface area (Å²) >= 11 is 3.56. The minimum atomic E-state index is 0.604. The summed E-state index contributed by atoms with van der Waals surface area (Å²) in [7, 11) is 3.79. The number of ether oxygens (including phenoxy) is 1. The van der Waals surface area contributed by atoms with Crippen LogP contribution in [-0.2, 0) is 6.42 Å². The highest BCUT2D eigenvalue weighted by Crippen LogP contribution is 2.31. The molecule has 2 nitrogen and oxygen atoms in total. The second-order valence-corrected chi connectivity index (χ2v) is 5.97. The van der Waals surface area contributed by atoms with Gasteiger partial charge in [-0.1, -0.05) is 18.9 Å². The molecule has 0 heterocycles. The predicted molar refractivity (Wildman–Crippen MR) is 79.2 cm³/mol. The molecule has 1 aliphatic carbocycles. The maximum atomic E-state index is 5.27. The molecule has 1 saturated carbocycles. The van der Waals surface area contributed by atoms with Gasteiger partial charge in [0.2, 0.25) is 0 Å². The van der Waals surface area contributed by atoms with Crippen molar-refractivity contribution in [3.05, 3.63) is 28.2 Å². The summed E-state index contributed by atoms with van der Waals surface area (Å²) in [4.78, 5) is 0. The SMILES string of the molecule is CNC(Cc1ccc(OC)c(Br)c1)C1CCCC1. The van der Waals surface area contributed by atoms with Crippen molar-refractivity contribution in [1.82, 2.24) is 5.32 Å². The van der Waals surface area contributed by atoms with Crippen LogP contribution in [0.5, 0.6) is 5.75 Å². The normalized spacial score (nSPS) is 17.9. The molecule has 0 amide bonds. The monoisotopic (exact) mass is 311 g/mol. The Bertz CT molecular complexity index is 388. The second-order valence-electron chi connectivity index (χ2n) is 5.11. The molecule has 0 aliphatic heterocycles. The third kappa shape index (κ3) is 3.27. The number of methoxy groups -OCH3 is 1. The molecule has 2 rings (SSSR count). The Morgan fingerprint density at radius 1 is 1.39 bits per heavy atom. The van der Waals surface area contributed by atoms with Gasteiger partial charge in [0, 0.05) is 6.04 Å². The lowest BCUT2D eigenvalue weighted by molar-refractivity contribution is 0.376. The van der Waals surface area contributed by atoms with Crippen LogP contribution in [0.2, 0.25) is 0 Å². The van der Waals surface area contributed by atoms with Crippen molar-refractivity contribution >= 4 is 15.9 Å². The topological polar surface area (TPSA) is 21.3 Å². The van der Waals surface area contributed by atoms with Gasteiger partial charge >= 0.3 is 0 Å². The molecule has 1 N–H and O–H groups in total. The van der Waals surface area contributed by atoms with Gasteiger partial charge in [0.15, 0.2) is 0 Å². The van der Waals surface area contributed by atoms with E-state index in [2.05, 4.69) is 40.4 Å². The number of nitrogens with one attached hydrogen (secondary N) is 1. The third-order valence-corrected chi connectivity index (χ3v) is 4.63. The molecule has 3 heteroatoms. The van der Waals surface area contributed by atoms with Crippen LogP contribution in [-0.4, -0.2) is 20.2 Å². The van der Waals surface area contributed by atoms with Gasteiger partial charge in [-0.25, -0.2) is 0 Å². The Kier molecular flexibility index (Phi) is 5.07. The van der Waals surface area contributed by atoms with E-state index >= 15 is 0 Å². The highest BCUT2D eigenvalue weighted by Gasteiger charge is 2.23. The zero-order valence-corrected chi connectivity index (χ0v) is 12.8. The number of halogens is 1. The minimum Gasteiger partial charge on any atom is -0.496 e. The van der Waals surface area contributed by atoms with E-state index in [0.717, 1.165) is 22.6 Å². The summed E-state index contributed by atoms with van der Waals surface area (Å²) in [5.74, 6) is 1.75. The summed E-state index contributed by atoms with van der Waals surface area (Å²) in [6.07, 6.45) is 6.65. The average Bonchev–Trinajstić information content (AvgIpc) is 2.90. The van der Waals surface area contributed by atoms with Crippen LogP contribution in [0.25, 0.3) is 0 Å². The van der Waals surface area contributed by atoms with Crippen LogP contribution in [0, 0.1) is 5.92 Å². The molecule has 0 bridgehead atoms. The molecular weight excluding hydrogens is 290 g/mol. The zero-order chi connectivity index (χ0) is 13.0. The van der Waals surface area contributed by atoms with E-state index in [-0.39, 0.29) is 0 Å². The zero-order valence-electron chi connectivity index (χ0n) is 11.2. The summed E-state index contributed by atoms with van der Waals surface area (Å²) in [6.45, 7) is 0. The lowest BCUT2D eigenvalue weighted by atomic mass is 9.92. The van der Waals surface area contributed by atoms with Crippen molar-refractivity contribution in [3.63, 3.8) is 0 Å². The number of hydrogen-bond donors (Lipinski definition) is 1. The Balaban J connectivity index is 2.04. The maximum Gasteiger partial charge on any atom is 0.133 e. The fraction of sp³-hybridized carbons (Fsp3) is 0.600. The first-order chi connectivity index (χ1) is 8.74. The highest BCUT2D eigenvalue weighted by atomic mass is 79.9. The van der Waals surface area contributed by atoms with Crippen LogP contribution in [0.4, 0.5) is 0 Å². The van der Waals surface area contributed by atoms with E-state index in [1.54, 1.807) is 7.11 Å². The molecule has 0 saturated heterocycles. The third-order valence-electron chi connectivity index (χ3n) is 4.01. The number of hydrogen-bond acceptors (Lipinski definition) is 2. The van der Waals surface area contributed by atoms with E-state index in [9.17, 15) is 0 Å². The van der Waals surface area contributed by atoms with Gasteiger partial charge in [-0.3, -0.25) is 0 Å². The van der Waals surface area contributed by atoms with Gasteiger partial charge in [-0.15, -0.1) is 0 Å². The predicted octanol–water partition coefficient (Wildman–Crippen LogP) is 3.78. The fourth-order valence-electron chi connectivity index (χ4n) is 2.95. The van der Waals surface area contributed by atoms with Crippen molar-refractivity contribution in [2.24, 2.45) is 5.92 Å². The number of rotatable bonds is 5. The first kappa shape index (κ1) is 13.9. The molecule has 1 unspecified atom stereocenters. The van der Waals surface area contributed by atoms with Crippen LogP contribution in [0.15, 0.2) is 22.7 Å². The van der Waals surface area contributed by atoms with Crippen LogP contribution in [0.3, 0.4) is 0 Å². The second kappa shape index (κ2) is 6.58. The Morgan fingerprint density at radius 2 is 2.11 bits per heavy atom. The van der Waals surface area contributed by atoms with Crippen molar-refractivity contribution < 1.29 is 4.74 Å². The number of benzene rings is 1. The summed E-state index contributed by atoms with van der Waals surface area (Å²) in [5, 5.41) is 3.49. The molecule has 1 atom stereocenters. The van der Waals surface area contributed by atoms with Gasteiger partial charge in [0.1, 0.15) is 5.75 Å². The minimum absolute atomic E-state index is 0.604. The van der Waals surface area contributed by atoms with Crippen LogP contribution in [0.1, 0.15) is 31.2 Å². The van der Waals surface area contributed by atoms with Crippen molar-refractivity contribution in [1.29, 1.82) is 0 Å². The highest BCUT2D eigenvalue weighted by molar-refractivity contribution is 9.10. The van der Waals surface area contributed by atoms with Gasteiger partial charge < -0.3 is 10.1 Å². The molecular formula is C15H22BrNO. The van der Waals surface area contributed by atoms with E-state index in [1.165, 1.54) is 31.2 Å². The first-order valence-electron chi connectivity index (χ1n) is 6.74. The van der Waals surface area contributed by atoms with E-state index in [1.807, 2.05) is 6.07 Å². The van der Waals surface area contributed by atoms with Crippen molar-refractivity contribution in [2.45, 2.75) is 38.1 Å². The quantitative estimate of drug-likeness (QED) is 0.893. The van der Waals surface area contributed by atoms with E-state index in [4.69, 9.17) is 4.74 Å². The first-order valence-corrected chi connectivity index (χ1v) is 7.53. The fourth-order valence-corrected chi connectivity index (χ4v) is 3.54. The van der Waals surface area contributed by atoms with Gasteiger partial charge in [0.25, 0.3) is 0 Å². The van der Waals surface area contributed by atoms with Crippen molar-refractivity contribution in [3.8, 4) is 5.75 Å². The van der Waals surface area contributed by atoms with Gasteiger partial charge in [0.05, 0.1) is 11.6 Å². The summed E-state index contributed by atoms with van der Waals surface area (Å²) in [5.41, 5.74) is 1.37. The van der Waals surface area contributed by atoms with Gasteiger partial charge in [-0.2, -0.15) is 0 Å². The number of likely N-dealkylation sites (N-methyl/N-ethyl adjacent to an activating group) is 1. The molecule has 0 spiro atoms. The standard InChI is InChI=1S/C15H22BrNO/c1-17-14(12-5-3-4-6-12)10-11-7-8-15(18-2)13(16)9-11/h7-9,12,14,17H,3-6,10H2,1-2H3. The molecule has 1 aliphatic rings. The average molecular weight is 312 g/mol. The van der Waals surface area contributed by atoms with Gasteiger partial charge in [-0.05, 0) is 65.9 Å². The Hall–Kier alpha value is -0.540. The molecule has 0 radical (unpaired) electrons. The molecule has 18 heavy (non-hydrogen) atoms. The smallest absolute Gasteiger partial charge is 0.133 e. The van der Waals surface area contributed by atoms with E-state index in [0.29, 0.717) is 6.04 Å². The Labute approximate surface area is 118 Å². The summed E-state index contributed by atoms with van der Waals surface area (Å²) in [6, 6.07) is 7.00. The molecule has 1 aromatic carbocycles. The summed E-state index contributed by atoms with van der Waals surface area (Å²) < 4.78 is 6.31. The van der Waals surface area contributed by atoms with Crippen LogP contribution < -0.4 is 10.1 Å². The lowest BCUT2D eigenvalue weighted by Gasteiger charge is -2.23. The molecule has 100 valence electrons. The molecule has 1 aromatic rings. The largest absolute Gasteiger partial charge is 0.496 e. The van der Waals surface area contributed by atoms with E-state index < -0.39 is 0 Å². The molecule has 1 fully saturated rings. The van der Waals surface area contributed by atoms with Crippen molar-refractivity contribution in [2.75, 3.05) is 14.2 Å². The maximum absolute atomic E-state index is 5.27. The van der Waals surface area contributed by atoms with Crippen LogP contribution >= 0.6 is 15.9 Å². The molecule has 0 aromatic heterocycles. The lowest BCUT2D eigenvalue weighted by Crippen LogP contribution is -2.34.